The third kappa shape index (κ3) is 4.93. The van der Waals surface area contributed by atoms with Crippen LogP contribution in [-0.4, -0.2) is 50.7 Å². The average Bonchev–Trinajstić information content (AvgIpc) is 2.32. The zero-order chi connectivity index (χ0) is 12.6. The van der Waals surface area contributed by atoms with Crippen LogP contribution in [0.5, 0.6) is 0 Å². The Morgan fingerprint density at radius 1 is 1.12 bits per heavy atom. The van der Waals surface area contributed by atoms with Crippen molar-refractivity contribution >= 4 is 11.9 Å². The van der Waals surface area contributed by atoms with Gasteiger partial charge in [0.15, 0.2) is 0 Å². The number of hydrogen-bond acceptors (Lipinski definition) is 5. The van der Waals surface area contributed by atoms with Gasteiger partial charge in [0.05, 0.1) is 19.8 Å². The smallest absolute Gasteiger partial charge is 0.335 e. The van der Waals surface area contributed by atoms with Gasteiger partial charge in [-0.1, -0.05) is 13.8 Å². The highest BCUT2D eigenvalue weighted by molar-refractivity contribution is 5.96. The summed E-state index contributed by atoms with van der Waals surface area (Å²) in [5.74, 6) is -1.05. The van der Waals surface area contributed by atoms with Crippen molar-refractivity contribution in [1.29, 1.82) is 0 Å². The largest absolute Gasteiger partial charge is 0.466 e. The minimum absolute atomic E-state index is 0.304. The Bertz CT molecular complexity index is 269. The molecule has 0 saturated carbocycles. The molecule has 16 heavy (non-hydrogen) atoms. The van der Waals surface area contributed by atoms with Crippen molar-refractivity contribution in [3.05, 3.63) is 11.6 Å². The quantitative estimate of drug-likeness (QED) is 0.493. The molecule has 0 fully saturated rings. The van der Waals surface area contributed by atoms with Gasteiger partial charge in [0.25, 0.3) is 0 Å². The van der Waals surface area contributed by atoms with E-state index in [-0.39, 0.29) is 0 Å². The van der Waals surface area contributed by atoms with Crippen LogP contribution in [0.25, 0.3) is 0 Å². The molecule has 0 aromatic heterocycles. The lowest BCUT2D eigenvalue weighted by Crippen LogP contribution is -2.28. The third-order valence-electron chi connectivity index (χ3n) is 2.23. The number of likely N-dealkylation sites (N-methyl/N-ethyl adjacent to an activating group) is 1. The van der Waals surface area contributed by atoms with E-state index in [1.807, 2.05) is 18.7 Å². The molecular formula is C11H19NO4. The number of methoxy groups -OCH3 is 2. The second-order valence-electron chi connectivity index (χ2n) is 3.15. The molecule has 0 N–H and O–H groups in total. The minimum atomic E-state index is -0.549. The van der Waals surface area contributed by atoms with Crippen LogP contribution < -0.4 is 0 Å². The van der Waals surface area contributed by atoms with Gasteiger partial charge in [-0.05, 0) is 13.1 Å². The molecule has 0 atom stereocenters. The van der Waals surface area contributed by atoms with Crippen molar-refractivity contribution in [1.82, 2.24) is 4.90 Å². The first-order valence-corrected chi connectivity index (χ1v) is 5.18. The van der Waals surface area contributed by atoms with Crippen LogP contribution in [-0.2, 0) is 19.1 Å². The third-order valence-corrected chi connectivity index (χ3v) is 2.23. The van der Waals surface area contributed by atoms with Gasteiger partial charge < -0.3 is 9.47 Å². The number of hydrogen-bond donors (Lipinski definition) is 0. The van der Waals surface area contributed by atoms with Gasteiger partial charge in [-0.25, -0.2) is 9.59 Å². The SMILES string of the molecule is CCN(CC)C/C(=C\C(=O)OC)C(=O)OC. The maximum absolute atomic E-state index is 11.4. The Morgan fingerprint density at radius 2 is 1.69 bits per heavy atom. The summed E-state index contributed by atoms with van der Waals surface area (Å²) in [5.41, 5.74) is 0.304. The maximum Gasteiger partial charge on any atom is 0.335 e. The Hall–Kier alpha value is -1.36. The summed E-state index contributed by atoms with van der Waals surface area (Å²) in [4.78, 5) is 24.5. The molecule has 0 aromatic rings. The van der Waals surface area contributed by atoms with E-state index >= 15 is 0 Å². The fourth-order valence-electron chi connectivity index (χ4n) is 1.19. The first-order chi connectivity index (χ1) is 7.58. The highest BCUT2D eigenvalue weighted by Crippen LogP contribution is 2.02. The maximum atomic E-state index is 11.4. The fourth-order valence-corrected chi connectivity index (χ4v) is 1.19. The number of nitrogens with zero attached hydrogens (tertiary/aromatic N) is 1. The first kappa shape index (κ1) is 14.6. The zero-order valence-corrected chi connectivity index (χ0v) is 10.3. The van der Waals surface area contributed by atoms with Gasteiger partial charge >= 0.3 is 11.9 Å². The molecule has 5 heteroatoms. The molecule has 0 saturated heterocycles. The second kappa shape index (κ2) is 7.87. The monoisotopic (exact) mass is 229 g/mol. The predicted octanol–water partition coefficient (Wildman–Crippen LogP) is 0.601. The van der Waals surface area contributed by atoms with Gasteiger partial charge in [-0.3, -0.25) is 4.90 Å². The lowest BCUT2D eigenvalue weighted by Gasteiger charge is -2.18. The van der Waals surface area contributed by atoms with Crippen LogP contribution in [0.15, 0.2) is 11.6 Å². The molecule has 0 aliphatic carbocycles. The standard InChI is InChI=1S/C11H19NO4/c1-5-12(6-2)8-9(11(14)16-4)7-10(13)15-3/h7H,5-6,8H2,1-4H3/b9-7+. The van der Waals surface area contributed by atoms with Gasteiger partial charge in [0, 0.05) is 12.6 Å². The summed E-state index contributed by atoms with van der Waals surface area (Å²) < 4.78 is 9.09. The molecule has 0 radical (unpaired) electrons. The van der Waals surface area contributed by atoms with Crippen molar-refractivity contribution < 1.29 is 19.1 Å². The van der Waals surface area contributed by atoms with E-state index < -0.39 is 11.9 Å². The number of rotatable bonds is 6. The number of carbonyl (C=O) groups is 2. The van der Waals surface area contributed by atoms with E-state index in [0.717, 1.165) is 13.1 Å². The number of carbonyl (C=O) groups excluding carboxylic acids is 2. The zero-order valence-electron chi connectivity index (χ0n) is 10.3. The van der Waals surface area contributed by atoms with Crippen molar-refractivity contribution in [2.24, 2.45) is 0 Å². The Balaban J connectivity index is 4.74. The Labute approximate surface area is 96.0 Å². The highest BCUT2D eigenvalue weighted by Gasteiger charge is 2.14. The van der Waals surface area contributed by atoms with E-state index in [2.05, 4.69) is 9.47 Å². The molecule has 0 bridgehead atoms. The van der Waals surface area contributed by atoms with Crippen molar-refractivity contribution in [2.45, 2.75) is 13.8 Å². The highest BCUT2D eigenvalue weighted by atomic mass is 16.5. The van der Waals surface area contributed by atoms with Crippen LogP contribution >= 0.6 is 0 Å². The number of ether oxygens (including phenoxy) is 2. The molecule has 92 valence electrons. The van der Waals surface area contributed by atoms with E-state index in [9.17, 15) is 9.59 Å². The molecule has 5 nitrogen and oxygen atoms in total. The van der Waals surface area contributed by atoms with Crippen LogP contribution in [0.2, 0.25) is 0 Å². The molecule has 0 unspecified atom stereocenters. The van der Waals surface area contributed by atoms with Crippen LogP contribution in [0.4, 0.5) is 0 Å². The summed E-state index contributed by atoms with van der Waals surface area (Å²) in [5, 5.41) is 0. The van der Waals surface area contributed by atoms with Crippen molar-refractivity contribution in [3.63, 3.8) is 0 Å². The minimum Gasteiger partial charge on any atom is -0.466 e. The summed E-state index contributed by atoms with van der Waals surface area (Å²) in [6.07, 6.45) is 1.17. The topological polar surface area (TPSA) is 55.8 Å². The molecular weight excluding hydrogens is 210 g/mol. The molecule has 0 spiro atoms. The lowest BCUT2D eigenvalue weighted by molar-refractivity contribution is -0.138. The summed E-state index contributed by atoms with van der Waals surface area (Å²) in [6.45, 7) is 5.94. The van der Waals surface area contributed by atoms with Gasteiger partial charge in [-0.2, -0.15) is 0 Å². The predicted molar refractivity (Wildman–Crippen MR) is 59.9 cm³/mol. The van der Waals surface area contributed by atoms with E-state index in [1.54, 1.807) is 0 Å². The summed E-state index contributed by atoms with van der Waals surface area (Å²) >= 11 is 0. The van der Waals surface area contributed by atoms with Crippen LogP contribution in [0.1, 0.15) is 13.8 Å². The first-order valence-electron chi connectivity index (χ1n) is 5.18. The summed E-state index contributed by atoms with van der Waals surface area (Å²) in [7, 11) is 2.56. The van der Waals surface area contributed by atoms with E-state index in [4.69, 9.17) is 0 Å². The van der Waals surface area contributed by atoms with Gasteiger partial charge in [0.2, 0.25) is 0 Å². The van der Waals surface area contributed by atoms with Crippen molar-refractivity contribution in [3.8, 4) is 0 Å². The van der Waals surface area contributed by atoms with Gasteiger partial charge in [0.1, 0.15) is 0 Å². The van der Waals surface area contributed by atoms with E-state index in [0.29, 0.717) is 12.1 Å². The Kier molecular flexibility index (Phi) is 7.20. The van der Waals surface area contributed by atoms with E-state index in [1.165, 1.54) is 20.3 Å². The molecule has 0 aromatic carbocycles. The second-order valence-corrected chi connectivity index (χ2v) is 3.15. The average molecular weight is 229 g/mol. The normalized spacial score (nSPS) is 11.4. The Morgan fingerprint density at radius 3 is 2.06 bits per heavy atom. The fraction of sp³-hybridized carbons (Fsp3) is 0.636. The number of esters is 2. The van der Waals surface area contributed by atoms with Crippen molar-refractivity contribution in [2.75, 3.05) is 33.9 Å². The van der Waals surface area contributed by atoms with Crippen LogP contribution in [0.3, 0.4) is 0 Å². The van der Waals surface area contributed by atoms with Crippen LogP contribution in [0, 0.1) is 0 Å². The lowest BCUT2D eigenvalue weighted by atomic mass is 10.2. The van der Waals surface area contributed by atoms with Gasteiger partial charge in [-0.15, -0.1) is 0 Å². The molecule has 0 aliphatic heterocycles. The molecule has 0 amide bonds. The molecule has 0 heterocycles. The summed E-state index contributed by atoms with van der Waals surface area (Å²) in [6, 6.07) is 0. The molecule has 0 aliphatic rings. The molecule has 0 rings (SSSR count).